The molecule has 1 fully saturated rings. The van der Waals surface area contributed by atoms with E-state index in [0.29, 0.717) is 5.92 Å². The summed E-state index contributed by atoms with van der Waals surface area (Å²) in [6.07, 6.45) is 2.41. The Balaban J connectivity index is 2.14. The third-order valence-corrected chi connectivity index (χ3v) is 3.33. The predicted octanol–water partition coefficient (Wildman–Crippen LogP) is 2.09. The first-order chi connectivity index (χ1) is 7.81. The smallest absolute Gasteiger partial charge is 0.123 e. The average Bonchev–Trinajstić information content (AvgIpc) is 2.31. The minimum atomic E-state index is -0.151. The summed E-state index contributed by atoms with van der Waals surface area (Å²) < 4.78 is 13.2. The van der Waals surface area contributed by atoms with Gasteiger partial charge in [0.05, 0.1) is 0 Å². The van der Waals surface area contributed by atoms with Crippen molar-refractivity contribution in [3.05, 3.63) is 35.6 Å². The van der Waals surface area contributed by atoms with Gasteiger partial charge in [0.25, 0.3) is 0 Å². The summed E-state index contributed by atoms with van der Waals surface area (Å²) in [7, 11) is 1.95. The summed E-state index contributed by atoms with van der Waals surface area (Å²) >= 11 is 0. The summed E-state index contributed by atoms with van der Waals surface area (Å²) in [4.78, 5) is 0. The molecule has 2 unspecified atom stereocenters. The largest absolute Gasteiger partial charge is 0.316 e. The molecule has 2 N–H and O–H groups in total. The van der Waals surface area contributed by atoms with E-state index in [4.69, 9.17) is 0 Å². The van der Waals surface area contributed by atoms with Gasteiger partial charge in [0.2, 0.25) is 0 Å². The Bertz CT molecular complexity index is 334. The molecule has 1 aromatic rings. The Labute approximate surface area is 96.2 Å². The number of halogens is 1. The number of piperidine rings is 1. The third kappa shape index (κ3) is 2.60. The lowest BCUT2D eigenvalue weighted by Gasteiger charge is -2.31. The average molecular weight is 222 g/mol. The SMILES string of the molecule is CNC(c1cccc(F)c1)C1CCCNC1. The molecule has 1 heterocycles. The molecule has 1 aromatic carbocycles. The summed E-state index contributed by atoms with van der Waals surface area (Å²) in [5.41, 5.74) is 1.05. The van der Waals surface area contributed by atoms with E-state index in [1.54, 1.807) is 12.1 Å². The van der Waals surface area contributed by atoms with E-state index in [1.807, 2.05) is 13.1 Å². The second-order valence-corrected chi connectivity index (χ2v) is 4.43. The number of rotatable bonds is 3. The monoisotopic (exact) mass is 222 g/mol. The van der Waals surface area contributed by atoms with Crippen LogP contribution in [0.15, 0.2) is 24.3 Å². The van der Waals surface area contributed by atoms with E-state index in [2.05, 4.69) is 10.6 Å². The van der Waals surface area contributed by atoms with Crippen LogP contribution in [-0.4, -0.2) is 20.1 Å². The quantitative estimate of drug-likeness (QED) is 0.818. The van der Waals surface area contributed by atoms with Crippen molar-refractivity contribution in [2.45, 2.75) is 18.9 Å². The molecule has 0 aliphatic carbocycles. The van der Waals surface area contributed by atoms with Crippen molar-refractivity contribution in [2.75, 3.05) is 20.1 Å². The lowest BCUT2D eigenvalue weighted by molar-refractivity contribution is 0.298. The molecule has 1 aliphatic rings. The highest BCUT2D eigenvalue weighted by Crippen LogP contribution is 2.27. The van der Waals surface area contributed by atoms with E-state index in [9.17, 15) is 4.39 Å². The summed E-state index contributed by atoms with van der Waals surface area (Å²) in [6.45, 7) is 2.12. The van der Waals surface area contributed by atoms with E-state index >= 15 is 0 Å². The van der Waals surface area contributed by atoms with Gasteiger partial charge in [-0.3, -0.25) is 0 Å². The molecule has 88 valence electrons. The Morgan fingerprint density at radius 3 is 3.00 bits per heavy atom. The van der Waals surface area contributed by atoms with Gasteiger partial charge in [-0.2, -0.15) is 0 Å². The highest BCUT2D eigenvalue weighted by molar-refractivity contribution is 5.21. The standard InChI is InChI=1S/C13H19FN2/c1-15-13(11-5-3-7-16-9-11)10-4-2-6-12(14)8-10/h2,4,6,8,11,13,15-16H,3,5,7,9H2,1H3. The summed E-state index contributed by atoms with van der Waals surface area (Å²) in [6, 6.07) is 7.17. The van der Waals surface area contributed by atoms with Crippen LogP contribution in [-0.2, 0) is 0 Å². The van der Waals surface area contributed by atoms with Gasteiger partial charge >= 0.3 is 0 Å². The molecule has 2 rings (SSSR count). The molecule has 0 saturated carbocycles. The van der Waals surface area contributed by atoms with Crippen LogP contribution in [0.25, 0.3) is 0 Å². The molecule has 0 aromatic heterocycles. The first-order valence-corrected chi connectivity index (χ1v) is 5.94. The van der Waals surface area contributed by atoms with Gasteiger partial charge in [0.15, 0.2) is 0 Å². The minimum Gasteiger partial charge on any atom is -0.316 e. The van der Waals surface area contributed by atoms with Gasteiger partial charge in [-0.15, -0.1) is 0 Å². The number of nitrogens with one attached hydrogen (secondary N) is 2. The van der Waals surface area contributed by atoms with Crippen molar-refractivity contribution in [1.82, 2.24) is 10.6 Å². The Hall–Kier alpha value is -0.930. The fraction of sp³-hybridized carbons (Fsp3) is 0.538. The Morgan fingerprint density at radius 1 is 1.50 bits per heavy atom. The van der Waals surface area contributed by atoms with Crippen molar-refractivity contribution in [1.29, 1.82) is 0 Å². The molecular weight excluding hydrogens is 203 g/mol. The maximum Gasteiger partial charge on any atom is 0.123 e. The van der Waals surface area contributed by atoms with Gasteiger partial charge in [0.1, 0.15) is 5.82 Å². The summed E-state index contributed by atoms with van der Waals surface area (Å²) in [5.74, 6) is 0.405. The van der Waals surface area contributed by atoms with Crippen LogP contribution in [0.5, 0.6) is 0 Å². The molecular formula is C13H19FN2. The van der Waals surface area contributed by atoms with Crippen LogP contribution < -0.4 is 10.6 Å². The van der Waals surface area contributed by atoms with E-state index in [1.165, 1.54) is 18.9 Å². The van der Waals surface area contributed by atoms with Crippen molar-refractivity contribution in [3.63, 3.8) is 0 Å². The zero-order valence-corrected chi connectivity index (χ0v) is 9.67. The molecule has 1 saturated heterocycles. The molecule has 2 atom stereocenters. The van der Waals surface area contributed by atoms with Crippen molar-refractivity contribution < 1.29 is 4.39 Å². The predicted molar refractivity (Wildman–Crippen MR) is 63.8 cm³/mol. The molecule has 0 bridgehead atoms. The molecule has 3 heteroatoms. The summed E-state index contributed by atoms with van der Waals surface area (Å²) in [5, 5.41) is 6.71. The van der Waals surface area contributed by atoms with Crippen LogP contribution in [0, 0.1) is 11.7 Å². The minimum absolute atomic E-state index is 0.151. The van der Waals surface area contributed by atoms with E-state index in [-0.39, 0.29) is 11.9 Å². The normalized spacial score (nSPS) is 23.0. The van der Waals surface area contributed by atoms with Gasteiger partial charge in [-0.05, 0) is 56.6 Å². The molecule has 0 amide bonds. The van der Waals surface area contributed by atoms with Crippen LogP contribution in [0.4, 0.5) is 4.39 Å². The second kappa shape index (κ2) is 5.41. The fourth-order valence-corrected chi connectivity index (χ4v) is 2.54. The highest BCUT2D eigenvalue weighted by Gasteiger charge is 2.23. The topological polar surface area (TPSA) is 24.1 Å². The van der Waals surface area contributed by atoms with Crippen LogP contribution >= 0.6 is 0 Å². The first kappa shape index (κ1) is 11.6. The van der Waals surface area contributed by atoms with Gasteiger partial charge < -0.3 is 10.6 Å². The molecule has 0 spiro atoms. The number of benzene rings is 1. The maximum absolute atomic E-state index is 13.2. The van der Waals surface area contributed by atoms with E-state index in [0.717, 1.165) is 18.7 Å². The Kier molecular flexibility index (Phi) is 3.91. The van der Waals surface area contributed by atoms with Crippen molar-refractivity contribution in [2.24, 2.45) is 5.92 Å². The fourth-order valence-electron chi connectivity index (χ4n) is 2.54. The van der Waals surface area contributed by atoms with E-state index < -0.39 is 0 Å². The second-order valence-electron chi connectivity index (χ2n) is 4.43. The zero-order chi connectivity index (χ0) is 11.4. The third-order valence-electron chi connectivity index (χ3n) is 3.33. The molecule has 16 heavy (non-hydrogen) atoms. The van der Waals surface area contributed by atoms with Gasteiger partial charge in [-0.25, -0.2) is 4.39 Å². The molecule has 1 aliphatic heterocycles. The maximum atomic E-state index is 13.2. The number of hydrogen-bond acceptors (Lipinski definition) is 2. The zero-order valence-electron chi connectivity index (χ0n) is 9.67. The van der Waals surface area contributed by atoms with Gasteiger partial charge in [0, 0.05) is 6.04 Å². The molecule has 0 radical (unpaired) electrons. The first-order valence-electron chi connectivity index (χ1n) is 5.94. The highest BCUT2D eigenvalue weighted by atomic mass is 19.1. The van der Waals surface area contributed by atoms with Crippen LogP contribution in [0.2, 0.25) is 0 Å². The lowest BCUT2D eigenvalue weighted by Crippen LogP contribution is -2.37. The van der Waals surface area contributed by atoms with Crippen LogP contribution in [0.3, 0.4) is 0 Å². The van der Waals surface area contributed by atoms with Crippen LogP contribution in [0.1, 0.15) is 24.4 Å². The lowest BCUT2D eigenvalue weighted by atomic mass is 9.87. The van der Waals surface area contributed by atoms with Crippen molar-refractivity contribution in [3.8, 4) is 0 Å². The van der Waals surface area contributed by atoms with Gasteiger partial charge in [-0.1, -0.05) is 12.1 Å². The molecule has 2 nitrogen and oxygen atoms in total. The number of hydrogen-bond donors (Lipinski definition) is 2. The van der Waals surface area contributed by atoms with Crippen molar-refractivity contribution >= 4 is 0 Å². The Morgan fingerprint density at radius 2 is 2.38 bits per heavy atom.